The van der Waals surface area contributed by atoms with Crippen LogP contribution >= 0.6 is 0 Å². The van der Waals surface area contributed by atoms with Gasteiger partial charge in [0.1, 0.15) is 17.2 Å². The van der Waals surface area contributed by atoms with Gasteiger partial charge in [0.2, 0.25) is 5.88 Å². The zero-order valence-electron chi connectivity index (χ0n) is 10.6. The van der Waals surface area contributed by atoms with Crippen LogP contribution in [-0.4, -0.2) is 22.4 Å². The molecule has 0 spiro atoms. The van der Waals surface area contributed by atoms with Gasteiger partial charge in [-0.05, 0) is 30.3 Å². The minimum absolute atomic E-state index is 0.282. The lowest BCUT2D eigenvalue weighted by Gasteiger charge is -2.06. The number of aromatic nitrogens is 2. The van der Waals surface area contributed by atoms with Crippen molar-refractivity contribution in [3.63, 3.8) is 0 Å². The van der Waals surface area contributed by atoms with E-state index in [9.17, 15) is 9.50 Å². The van der Waals surface area contributed by atoms with Crippen molar-refractivity contribution in [2.45, 2.75) is 6.10 Å². The molecule has 0 radical (unpaired) electrons. The second-order valence-corrected chi connectivity index (χ2v) is 4.23. The molecule has 0 bridgehead atoms. The molecule has 3 aromatic rings. The Hall–Kier alpha value is -2.47. The van der Waals surface area contributed by atoms with Gasteiger partial charge in [0.05, 0.1) is 12.8 Å². The molecule has 2 heterocycles. The van der Waals surface area contributed by atoms with Crippen LogP contribution in [0.4, 0.5) is 4.39 Å². The summed E-state index contributed by atoms with van der Waals surface area (Å²) in [5.74, 6) is 0.279. The summed E-state index contributed by atoms with van der Waals surface area (Å²) in [4.78, 5) is 0. The van der Waals surface area contributed by atoms with Gasteiger partial charge < -0.3 is 14.3 Å². The van der Waals surface area contributed by atoms with Gasteiger partial charge in [-0.3, -0.25) is 0 Å². The van der Waals surface area contributed by atoms with Crippen LogP contribution in [-0.2, 0) is 0 Å². The number of benzene rings is 1. The van der Waals surface area contributed by atoms with Crippen molar-refractivity contribution in [2.24, 2.45) is 0 Å². The first-order chi connectivity index (χ1) is 9.67. The maximum atomic E-state index is 13.1. The molecule has 0 aliphatic rings. The number of hydrogen-bond acceptors (Lipinski definition) is 5. The van der Waals surface area contributed by atoms with Gasteiger partial charge in [-0.15, -0.1) is 10.2 Å². The van der Waals surface area contributed by atoms with E-state index in [-0.39, 0.29) is 11.6 Å². The normalized spacial score (nSPS) is 12.6. The number of methoxy groups -OCH3 is 1. The Labute approximate surface area is 113 Å². The molecule has 0 saturated carbocycles. The van der Waals surface area contributed by atoms with E-state index in [0.717, 1.165) is 0 Å². The second kappa shape index (κ2) is 4.90. The Morgan fingerprint density at radius 2 is 2.05 bits per heavy atom. The molecular weight excluding hydrogens is 263 g/mol. The molecule has 20 heavy (non-hydrogen) atoms. The lowest BCUT2D eigenvalue weighted by atomic mass is 10.2. The minimum Gasteiger partial charge on any atom is -0.480 e. The summed E-state index contributed by atoms with van der Waals surface area (Å²) in [5.41, 5.74) is 0.826. The average molecular weight is 274 g/mol. The number of nitrogens with zero attached hydrogens (tertiary/aromatic N) is 2. The molecule has 2 aromatic heterocycles. The number of halogens is 1. The zero-order valence-corrected chi connectivity index (χ0v) is 10.6. The Morgan fingerprint density at radius 1 is 1.20 bits per heavy atom. The third kappa shape index (κ3) is 2.21. The maximum Gasteiger partial charge on any atom is 0.233 e. The molecule has 1 unspecified atom stereocenters. The summed E-state index contributed by atoms with van der Waals surface area (Å²) in [6.45, 7) is 0. The summed E-state index contributed by atoms with van der Waals surface area (Å²) >= 11 is 0. The van der Waals surface area contributed by atoms with Crippen LogP contribution in [0.2, 0.25) is 0 Å². The molecule has 3 rings (SSSR count). The number of rotatable bonds is 3. The predicted molar refractivity (Wildman–Crippen MR) is 68.8 cm³/mol. The third-order valence-corrected chi connectivity index (χ3v) is 2.92. The van der Waals surface area contributed by atoms with Crippen LogP contribution in [0.1, 0.15) is 17.6 Å². The van der Waals surface area contributed by atoms with Crippen LogP contribution < -0.4 is 4.74 Å². The summed E-state index contributed by atoms with van der Waals surface area (Å²) in [7, 11) is 1.48. The Morgan fingerprint density at radius 3 is 2.75 bits per heavy atom. The lowest BCUT2D eigenvalue weighted by molar-refractivity contribution is 0.186. The van der Waals surface area contributed by atoms with Crippen molar-refractivity contribution in [3.05, 3.63) is 53.7 Å². The molecule has 102 valence electrons. The molecule has 1 atom stereocenters. The van der Waals surface area contributed by atoms with E-state index < -0.39 is 6.10 Å². The lowest BCUT2D eigenvalue weighted by Crippen LogP contribution is -2.03. The van der Waals surface area contributed by atoms with Gasteiger partial charge in [0.15, 0.2) is 6.10 Å². The Bertz CT molecular complexity index is 740. The first-order valence-corrected chi connectivity index (χ1v) is 5.92. The summed E-state index contributed by atoms with van der Waals surface area (Å²) in [6.07, 6.45) is -1.07. The number of furan rings is 1. The highest BCUT2D eigenvalue weighted by Crippen LogP contribution is 2.27. The fourth-order valence-corrected chi connectivity index (χ4v) is 1.90. The van der Waals surface area contributed by atoms with E-state index in [1.807, 2.05) is 0 Å². The quantitative estimate of drug-likeness (QED) is 0.794. The number of aliphatic hydroxyl groups excluding tert-OH is 1. The molecule has 1 aromatic carbocycles. The standard InChI is InChI=1S/C14H11FN2O3/c1-19-13-5-3-10(16-17-13)14(18)12-7-8-6-9(15)2-4-11(8)20-12/h2-7,14,18H,1H3. The highest BCUT2D eigenvalue weighted by atomic mass is 19.1. The van der Waals surface area contributed by atoms with Crippen molar-refractivity contribution >= 4 is 11.0 Å². The van der Waals surface area contributed by atoms with Gasteiger partial charge in [0, 0.05) is 11.5 Å². The maximum absolute atomic E-state index is 13.1. The smallest absolute Gasteiger partial charge is 0.233 e. The molecule has 0 aliphatic heterocycles. The van der Waals surface area contributed by atoms with Crippen LogP contribution in [0, 0.1) is 5.82 Å². The number of fused-ring (bicyclic) bond motifs is 1. The molecule has 0 aliphatic carbocycles. The third-order valence-electron chi connectivity index (χ3n) is 2.92. The van der Waals surface area contributed by atoms with E-state index in [4.69, 9.17) is 9.15 Å². The van der Waals surface area contributed by atoms with E-state index in [1.165, 1.54) is 25.3 Å². The SMILES string of the molecule is COc1ccc(C(O)c2cc3cc(F)ccc3o2)nn1. The Balaban J connectivity index is 1.96. The van der Waals surface area contributed by atoms with Crippen molar-refractivity contribution in [1.29, 1.82) is 0 Å². The first-order valence-electron chi connectivity index (χ1n) is 5.92. The van der Waals surface area contributed by atoms with Crippen molar-refractivity contribution in [2.75, 3.05) is 7.11 Å². The van der Waals surface area contributed by atoms with Crippen LogP contribution in [0.25, 0.3) is 11.0 Å². The van der Waals surface area contributed by atoms with E-state index in [2.05, 4.69) is 10.2 Å². The monoisotopic (exact) mass is 274 g/mol. The molecule has 6 heteroatoms. The highest BCUT2D eigenvalue weighted by molar-refractivity contribution is 5.78. The van der Waals surface area contributed by atoms with Crippen molar-refractivity contribution < 1.29 is 18.7 Å². The van der Waals surface area contributed by atoms with E-state index in [0.29, 0.717) is 22.5 Å². The second-order valence-electron chi connectivity index (χ2n) is 4.23. The van der Waals surface area contributed by atoms with Crippen LogP contribution in [0.15, 0.2) is 40.8 Å². The predicted octanol–water partition coefficient (Wildman–Crippen LogP) is 2.45. The van der Waals surface area contributed by atoms with Gasteiger partial charge in [0.25, 0.3) is 0 Å². The molecule has 5 nitrogen and oxygen atoms in total. The molecular formula is C14H11FN2O3. The largest absolute Gasteiger partial charge is 0.480 e. The Kier molecular flexibility index (Phi) is 3.08. The molecule has 0 amide bonds. The van der Waals surface area contributed by atoms with Crippen LogP contribution in [0.5, 0.6) is 5.88 Å². The minimum atomic E-state index is -1.07. The first kappa shape index (κ1) is 12.6. The number of aliphatic hydroxyl groups is 1. The summed E-state index contributed by atoms with van der Waals surface area (Å²) in [5, 5.41) is 18.4. The van der Waals surface area contributed by atoms with Crippen LogP contribution in [0.3, 0.4) is 0 Å². The number of ether oxygens (including phenoxy) is 1. The number of hydrogen-bond donors (Lipinski definition) is 1. The molecule has 0 saturated heterocycles. The van der Waals surface area contributed by atoms with E-state index >= 15 is 0 Å². The zero-order chi connectivity index (χ0) is 14.1. The van der Waals surface area contributed by atoms with Gasteiger partial charge in [-0.2, -0.15) is 0 Å². The fraction of sp³-hybridized carbons (Fsp3) is 0.143. The highest BCUT2D eigenvalue weighted by Gasteiger charge is 2.17. The van der Waals surface area contributed by atoms with Gasteiger partial charge >= 0.3 is 0 Å². The summed E-state index contributed by atoms with van der Waals surface area (Å²) < 4.78 is 23.5. The average Bonchev–Trinajstić information content (AvgIpc) is 2.89. The molecule has 0 fully saturated rings. The van der Waals surface area contributed by atoms with E-state index in [1.54, 1.807) is 18.2 Å². The molecule has 1 N–H and O–H groups in total. The van der Waals surface area contributed by atoms with Crippen molar-refractivity contribution in [3.8, 4) is 5.88 Å². The topological polar surface area (TPSA) is 68.4 Å². The van der Waals surface area contributed by atoms with Gasteiger partial charge in [-0.1, -0.05) is 0 Å². The fourth-order valence-electron chi connectivity index (χ4n) is 1.90. The van der Waals surface area contributed by atoms with Crippen molar-refractivity contribution in [1.82, 2.24) is 10.2 Å². The summed E-state index contributed by atoms with van der Waals surface area (Å²) in [6, 6.07) is 8.91. The van der Waals surface area contributed by atoms with Gasteiger partial charge in [-0.25, -0.2) is 4.39 Å².